The summed E-state index contributed by atoms with van der Waals surface area (Å²) >= 11 is 0. The standard InChI is InChI=1S/C12H15F3N2O2S/c13-12(14,15)10-3-1-2-9(6-10)7-17-20(18,19)8-11-4-5-16-11/h1-3,6,11,16-17H,4-5,7-8H2. The summed E-state index contributed by atoms with van der Waals surface area (Å²) in [5.74, 6) is -0.0496. The first-order valence-electron chi connectivity index (χ1n) is 6.13. The molecule has 0 spiro atoms. The molecule has 1 aromatic carbocycles. The zero-order chi connectivity index (χ0) is 14.8. The Hall–Kier alpha value is -1.12. The molecule has 1 atom stereocenters. The van der Waals surface area contributed by atoms with E-state index in [1.807, 2.05) is 0 Å². The lowest BCUT2D eigenvalue weighted by Crippen LogP contribution is -2.49. The van der Waals surface area contributed by atoms with Crippen molar-refractivity contribution < 1.29 is 21.6 Å². The summed E-state index contributed by atoms with van der Waals surface area (Å²) in [6.07, 6.45) is -3.63. The Bertz CT molecular complexity index is 568. The van der Waals surface area contributed by atoms with E-state index in [0.29, 0.717) is 0 Å². The fourth-order valence-electron chi connectivity index (χ4n) is 1.87. The summed E-state index contributed by atoms with van der Waals surface area (Å²) in [7, 11) is -3.48. The van der Waals surface area contributed by atoms with Crippen molar-refractivity contribution in [2.45, 2.75) is 25.2 Å². The SMILES string of the molecule is O=S(=O)(CC1CCN1)NCc1cccc(C(F)(F)F)c1. The normalized spacial score (nSPS) is 19.6. The number of sulfonamides is 1. The minimum Gasteiger partial charge on any atom is -0.313 e. The highest BCUT2D eigenvalue weighted by Gasteiger charge is 2.30. The molecule has 0 amide bonds. The van der Waals surface area contributed by atoms with Crippen molar-refractivity contribution in [3.05, 3.63) is 35.4 Å². The maximum Gasteiger partial charge on any atom is 0.416 e. The molecule has 2 rings (SSSR count). The van der Waals surface area contributed by atoms with E-state index in [2.05, 4.69) is 10.0 Å². The molecule has 0 aliphatic carbocycles. The first-order valence-corrected chi connectivity index (χ1v) is 7.78. The molecule has 20 heavy (non-hydrogen) atoms. The Labute approximate surface area is 115 Å². The van der Waals surface area contributed by atoms with Crippen LogP contribution < -0.4 is 10.0 Å². The number of nitrogens with one attached hydrogen (secondary N) is 2. The van der Waals surface area contributed by atoms with Gasteiger partial charge >= 0.3 is 6.18 Å². The fourth-order valence-corrected chi connectivity index (χ4v) is 3.18. The van der Waals surface area contributed by atoms with Crippen LogP contribution in [0.5, 0.6) is 0 Å². The fraction of sp³-hybridized carbons (Fsp3) is 0.500. The quantitative estimate of drug-likeness (QED) is 0.866. The molecular formula is C12H15F3N2O2S. The maximum atomic E-state index is 12.5. The molecule has 0 radical (unpaired) electrons. The van der Waals surface area contributed by atoms with Crippen LogP contribution in [0.1, 0.15) is 17.5 Å². The molecular weight excluding hydrogens is 293 g/mol. The number of halogens is 3. The van der Waals surface area contributed by atoms with Crippen LogP contribution in [-0.4, -0.2) is 26.8 Å². The van der Waals surface area contributed by atoms with Gasteiger partial charge in [0.1, 0.15) is 0 Å². The summed E-state index contributed by atoms with van der Waals surface area (Å²) < 4.78 is 63.3. The van der Waals surface area contributed by atoms with E-state index in [9.17, 15) is 21.6 Å². The van der Waals surface area contributed by atoms with E-state index in [0.717, 1.165) is 25.1 Å². The third kappa shape index (κ3) is 4.19. The number of benzene rings is 1. The molecule has 1 unspecified atom stereocenters. The molecule has 8 heteroatoms. The summed E-state index contributed by atoms with van der Waals surface area (Å²) in [5.41, 5.74) is -0.500. The highest BCUT2D eigenvalue weighted by molar-refractivity contribution is 7.89. The lowest BCUT2D eigenvalue weighted by atomic mass is 10.1. The summed E-state index contributed by atoms with van der Waals surface area (Å²) in [6, 6.07) is 4.56. The van der Waals surface area contributed by atoms with Crippen molar-refractivity contribution in [3.63, 3.8) is 0 Å². The van der Waals surface area contributed by atoms with E-state index in [1.54, 1.807) is 0 Å². The number of alkyl halides is 3. The van der Waals surface area contributed by atoms with Crippen LogP contribution in [0, 0.1) is 0 Å². The Morgan fingerprint density at radius 1 is 1.35 bits per heavy atom. The van der Waals surface area contributed by atoms with Gasteiger partial charge in [-0.15, -0.1) is 0 Å². The van der Waals surface area contributed by atoms with E-state index in [1.165, 1.54) is 12.1 Å². The highest BCUT2D eigenvalue weighted by Crippen LogP contribution is 2.29. The first kappa shape index (κ1) is 15.3. The second kappa shape index (κ2) is 5.71. The van der Waals surface area contributed by atoms with Crippen LogP contribution in [0.4, 0.5) is 13.2 Å². The van der Waals surface area contributed by atoms with Gasteiger partial charge < -0.3 is 5.32 Å². The van der Waals surface area contributed by atoms with Crippen molar-refractivity contribution in [1.82, 2.24) is 10.0 Å². The van der Waals surface area contributed by atoms with E-state index < -0.39 is 21.8 Å². The minimum atomic E-state index is -4.43. The zero-order valence-electron chi connectivity index (χ0n) is 10.6. The van der Waals surface area contributed by atoms with Crippen LogP contribution in [0.3, 0.4) is 0 Å². The Morgan fingerprint density at radius 3 is 2.60 bits per heavy atom. The Balaban J connectivity index is 1.96. The third-order valence-corrected chi connectivity index (χ3v) is 4.52. The molecule has 1 heterocycles. The molecule has 0 saturated carbocycles. The highest BCUT2D eigenvalue weighted by atomic mass is 32.2. The van der Waals surface area contributed by atoms with Gasteiger partial charge in [0.15, 0.2) is 0 Å². The summed E-state index contributed by atoms with van der Waals surface area (Å²) in [6.45, 7) is 0.660. The van der Waals surface area contributed by atoms with Crippen LogP contribution in [0.25, 0.3) is 0 Å². The predicted molar refractivity (Wildman–Crippen MR) is 68.5 cm³/mol. The molecule has 1 fully saturated rings. The molecule has 112 valence electrons. The minimum absolute atomic E-state index is 0.0496. The number of rotatable bonds is 5. The average molecular weight is 308 g/mol. The topological polar surface area (TPSA) is 58.2 Å². The van der Waals surface area contributed by atoms with Gasteiger partial charge in [-0.3, -0.25) is 0 Å². The second-order valence-electron chi connectivity index (χ2n) is 4.74. The smallest absolute Gasteiger partial charge is 0.313 e. The molecule has 1 saturated heterocycles. The van der Waals surface area contributed by atoms with Crippen molar-refractivity contribution in [3.8, 4) is 0 Å². The lowest BCUT2D eigenvalue weighted by Gasteiger charge is -2.27. The summed E-state index contributed by atoms with van der Waals surface area (Å²) in [4.78, 5) is 0. The van der Waals surface area contributed by atoms with Gasteiger partial charge in [-0.25, -0.2) is 13.1 Å². The van der Waals surface area contributed by atoms with Crippen molar-refractivity contribution in [2.24, 2.45) is 0 Å². The van der Waals surface area contributed by atoms with Gasteiger partial charge in [0.05, 0.1) is 11.3 Å². The van der Waals surface area contributed by atoms with Crippen molar-refractivity contribution >= 4 is 10.0 Å². The molecule has 1 aliphatic rings. The lowest BCUT2D eigenvalue weighted by molar-refractivity contribution is -0.137. The maximum absolute atomic E-state index is 12.5. The molecule has 2 N–H and O–H groups in total. The molecule has 0 aromatic heterocycles. The second-order valence-corrected chi connectivity index (χ2v) is 6.59. The summed E-state index contributed by atoms with van der Waals surface area (Å²) in [5, 5.41) is 2.96. The van der Waals surface area contributed by atoms with Crippen LogP contribution >= 0.6 is 0 Å². The molecule has 0 bridgehead atoms. The average Bonchev–Trinajstić information content (AvgIpc) is 2.31. The molecule has 1 aromatic rings. The predicted octanol–water partition coefficient (Wildman–Crippen LogP) is 1.49. The van der Waals surface area contributed by atoms with Gasteiger partial charge in [-0.2, -0.15) is 13.2 Å². The van der Waals surface area contributed by atoms with Gasteiger partial charge in [-0.1, -0.05) is 18.2 Å². The first-order chi connectivity index (χ1) is 9.26. The van der Waals surface area contributed by atoms with Gasteiger partial charge in [0.25, 0.3) is 0 Å². The zero-order valence-corrected chi connectivity index (χ0v) is 11.4. The molecule has 4 nitrogen and oxygen atoms in total. The number of hydrogen-bond donors (Lipinski definition) is 2. The van der Waals surface area contributed by atoms with Crippen LogP contribution in [0.2, 0.25) is 0 Å². The third-order valence-electron chi connectivity index (χ3n) is 3.10. The van der Waals surface area contributed by atoms with E-state index in [-0.39, 0.29) is 23.9 Å². The largest absolute Gasteiger partial charge is 0.416 e. The Kier molecular flexibility index (Phi) is 4.36. The Morgan fingerprint density at radius 2 is 2.05 bits per heavy atom. The van der Waals surface area contributed by atoms with Gasteiger partial charge in [0, 0.05) is 12.6 Å². The monoisotopic (exact) mass is 308 g/mol. The van der Waals surface area contributed by atoms with Crippen molar-refractivity contribution in [2.75, 3.05) is 12.3 Å². The number of hydrogen-bond acceptors (Lipinski definition) is 3. The van der Waals surface area contributed by atoms with Crippen molar-refractivity contribution in [1.29, 1.82) is 0 Å². The van der Waals surface area contributed by atoms with E-state index in [4.69, 9.17) is 0 Å². The van der Waals surface area contributed by atoms with Crippen LogP contribution in [0.15, 0.2) is 24.3 Å². The van der Waals surface area contributed by atoms with Crippen LogP contribution in [-0.2, 0) is 22.7 Å². The van der Waals surface area contributed by atoms with Gasteiger partial charge in [-0.05, 0) is 24.6 Å². The molecule has 1 aliphatic heterocycles. The van der Waals surface area contributed by atoms with Gasteiger partial charge in [0.2, 0.25) is 10.0 Å². The van der Waals surface area contributed by atoms with E-state index >= 15 is 0 Å².